The van der Waals surface area contributed by atoms with Crippen molar-refractivity contribution in [3.63, 3.8) is 0 Å². The summed E-state index contributed by atoms with van der Waals surface area (Å²) in [4.78, 5) is 29.2. The van der Waals surface area contributed by atoms with Crippen LogP contribution in [0.4, 0.5) is 0 Å². The monoisotopic (exact) mass is 366 g/mol. The maximum atomic E-state index is 12.8. The second-order valence-electron chi connectivity index (χ2n) is 7.15. The first-order valence-corrected chi connectivity index (χ1v) is 9.20. The van der Waals surface area contributed by atoms with Gasteiger partial charge in [-0.3, -0.25) is 9.59 Å². The molecule has 2 aromatic rings. The molecule has 0 aromatic heterocycles. The first-order chi connectivity index (χ1) is 12.9. The van der Waals surface area contributed by atoms with E-state index in [9.17, 15) is 9.59 Å². The number of nitrogens with zero attached hydrogens (tertiary/aromatic N) is 2. The first-order valence-electron chi connectivity index (χ1n) is 9.20. The number of methoxy groups -OCH3 is 1. The van der Waals surface area contributed by atoms with Crippen LogP contribution in [0, 0.1) is 20.8 Å². The van der Waals surface area contributed by atoms with E-state index < -0.39 is 0 Å². The van der Waals surface area contributed by atoms with Gasteiger partial charge in [-0.05, 0) is 50.6 Å². The molecular weight excluding hydrogens is 340 g/mol. The number of carbonyl (C=O) groups excluding carboxylic acids is 2. The van der Waals surface area contributed by atoms with Gasteiger partial charge in [-0.2, -0.15) is 0 Å². The molecule has 3 rings (SSSR count). The second-order valence-corrected chi connectivity index (χ2v) is 7.15. The minimum atomic E-state index is -0.0215. The summed E-state index contributed by atoms with van der Waals surface area (Å²) in [6.45, 7) is 8.09. The molecule has 2 aromatic carbocycles. The fourth-order valence-electron chi connectivity index (χ4n) is 3.53. The quantitative estimate of drug-likeness (QED) is 0.838. The molecule has 1 aliphatic rings. The molecule has 0 saturated carbocycles. The molecule has 1 saturated heterocycles. The molecule has 0 atom stereocenters. The number of hydrogen-bond donors (Lipinski definition) is 0. The van der Waals surface area contributed by atoms with Gasteiger partial charge >= 0.3 is 0 Å². The summed E-state index contributed by atoms with van der Waals surface area (Å²) in [6, 6.07) is 11.4. The number of carbonyl (C=O) groups is 2. The highest BCUT2D eigenvalue weighted by Crippen LogP contribution is 2.21. The average molecular weight is 366 g/mol. The minimum absolute atomic E-state index is 0.0215. The highest BCUT2D eigenvalue weighted by Gasteiger charge is 2.26. The summed E-state index contributed by atoms with van der Waals surface area (Å²) in [6.07, 6.45) is 0. The molecule has 2 amide bonds. The van der Waals surface area contributed by atoms with E-state index in [1.165, 1.54) is 0 Å². The first kappa shape index (κ1) is 19.0. The summed E-state index contributed by atoms with van der Waals surface area (Å²) < 4.78 is 5.32. The van der Waals surface area contributed by atoms with Crippen molar-refractivity contribution < 1.29 is 14.3 Å². The van der Waals surface area contributed by atoms with E-state index in [-0.39, 0.29) is 11.8 Å². The van der Waals surface area contributed by atoms with E-state index in [2.05, 4.69) is 6.07 Å². The van der Waals surface area contributed by atoms with E-state index in [1.807, 2.05) is 49.9 Å². The predicted molar refractivity (Wildman–Crippen MR) is 105 cm³/mol. The minimum Gasteiger partial charge on any atom is -0.496 e. The highest BCUT2D eigenvalue weighted by molar-refractivity contribution is 5.96. The smallest absolute Gasteiger partial charge is 0.254 e. The van der Waals surface area contributed by atoms with Crippen LogP contribution in [0.5, 0.6) is 5.75 Å². The zero-order chi connectivity index (χ0) is 19.6. The number of amides is 2. The lowest BCUT2D eigenvalue weighted by Crippen LogP contribution is -2.50. The molecule has 1 fully saturated rings. The Bertz CT molecular complexity index is 848. The van der Waals surface area contributed by atoms with Gasteiger partial charge < -0.3 is 14.5 Å². The lowest BCUT2D eigenvalue weighted by Gasteiger charge is -2.35. The second kappa shape index (κ2) is 7.82. The number of piperazine rings is 1. The fraction of sp³-hybridized carbons (Fsp3) is 0.364. The van der Waals surface area contributed by atoms with E-state index in [0.29, 0.717) is 37.5 Å². The Balaban J connectivity index is 1.66. The van der Waals surface area contributed by atoms with Crippen LogP contribution in [0.2, 0.25) is 0 Å². The molecule has 0 N–H and O–H groups in total. The Labute approximate surface area is 160 Å². The van der Waals surface area contributed by atoms with E-state index >= 15 is 0 Å². The molecular formula is C22H26N2O3. The fourth-order valence-corrected chi connectivity index (χ4v) is 3.53. The van der Waals surface area contributed by atoms with Crippen LogP contribution in [0.25, 0.3) is 0 Å². The van der Waals surface area contributed by atoms with Crippen LogP contribution in [0.15, 0.2) is 36.4 Å². The van der Waals surface area contributed by atoms with Crippen molar-refractivity contribution in [2.75, 3.05) is 33.3 Å². The predicted octanol–water partition coefficient (Wildman–Crippen LogP) is 3.22. The van der Waals surface area contributed by atoms with Crippen molar-refractivity contribution in [2.24, 2.45) is 0 Å². The number of benzene rings is 2. The zero-order valence-electron chi connectivity index (χ0n) is 16.4. The third-order valence-electron chi connectivity index (χ3n) is 4.98. The molecule has 142 valence electrons. The van der Waals surface area contributed by atoms with Crippen molar-refractivity contribution in [1.29, 1.82) is 0 Å². The van der Waals surface area contributed by atoms with Crippen LogP contribution in [-0.4, -0.2) is 54.9 Å². The summed E-state index contributed by atoms with van der Waals surface area (Å²) in [7, 11) is 1.61. The lowest BCUT2D eigenvalue weighted by atomic mass is 10.1. The van der Waals surface area contributed by atoms with E-state index in [0.717, 1.165) is 22.3 Å². The van der Waals surface area contributed by atoms with Crippen LogP contribution in [0.1, 0.15) is 37.4 Å². The van der Waals surface area contributed by atoms with Crippen LogP contribution in [-0.2, 0) is 0 Å². The number of aryl methyl sites for hydroxylation is 3. The van der Waals surface area contributed by atoms with Crippen molar-refractivity contribution in [2.45, 2.75) is 20.8 Å². The van der Waals surface area contributed by atoms with Gasteiger partial charge in [-0.25, -0.2) is 0 Å². The standard InChI is InChI=1S/C22H26N2O3/c1-15-11-16(2)13-19(12-15)22(26)24-9-7-23(8-10-24)21(25)18-6-5-17(3)20(14-18)27-4/h5-6,11-14H,7-10H2,1-4H3. The van der Waals surface area contributed by atoms with Gasteiger partial charge in [0, 0.05) is 37.3 Å². The molecule has 0 aliphatic carbocycles. The Morgan fingerprint density at radius 3 is 1.81 bits per heavy atom. The summed E-state index contributed by atoms with van der Waals surface area (Å²) in [5.74, 6) is 0.724. The number of ether oxygens (including phenoxy) is 1. The van der Waals surface area contributed by atoms with E-state index in [1.54, 1.807) is 18.1 Å². The Kier molecular flexibility index (Phi) is 5.49. The molecule has 1 aliphatic heterocycles. The third-order valence-corrected chi connectivity index (χ3v) is 4.98. The zero-order valence-corrected chi connectivity index (χ0v) is 16.4. The summed E-state index contributed by atoms with van der Waals surface area (Å²) >= 11 is 0. The lowest BCUT2D eigenvalue weighted by molar-refractivity contribution is 0.0535. The van der Waals surface area contributed by atoms with Gasteiger partial charge in [0.2, 0.25) is 0 Å². The van der Waals surface area contributed by atoms with Gasteiger partial charge in [0.25, 0.3) is 11.8 Å². The molecule has 0 bridgehead atoms. The summed E-state index contributed by atoms with van der Waals surface area (Å²) in [5.41, 5.74) is 4.50. The maximum Gasteiger partial charge on any atom is 0.254 e. The normalized spacial score (nSPS) is 14.2. The van der Waals surface area contributed by atoms with Crippen molar-refractivity contribution in [3.05, 3.63) is 64.2 Å². The van der Waals surface area contributed by atoms with Crippen molar-refractivity contribution in [3.8, 4) is 5.75 Å². The maximum absolute atomic E-state index is 12.8. The molecule has 27 heavy (non-hydrogen) atoms. The van der Waals surface area contributed by atoms with Gasteiger partial charge in [-0.15, -0.1) is 0 Å². The molecule has 0 spiro atoms. The van der Waals surface area contributed by atoms with Crippen LogP contribution in [0.3, 0.4) is 0 Å². The number of hydrogen-bond acceptors (Lipinski definition) is 3. The van der Waals surface area contributed by atoms with Crippen molar-refractivity contribution in [1.82, 2.24) is 9.80 Å². The van der Waals surface area contributed by atoms with Gasteiger partial charge in [0.05, 0.1) is 7.11 Å². The molecule has 0 unspecified atom stereocenters. The van der Waals surface area contributed by atoms with Gasteiger partial charge in [-0.1, -0.05) is 23.3 Å². The van der Waals surface area contributed by atoms with Gasteiger partial charge in [0.15, 0.2) is 0 Å². The van der Waals surface area contributed by atoms with E-state index in [4.69, 9.17) is 4.74 Å². The Morgan fingerprint density at radius 2 is 1.30 bits per heavy atom. The van der Waals surface area contributed by atoms with Crippen LogP contribution < -0.4 is 4.74 Å². The average Bonchev–Trinajstić information content (AvgIpc) is 2.66. The Hall–Kier alpha value is -2.82. The third kappa shape index (κ3) is 4.13. The Morgan fingerprint density at radius 1 is 0.778 bits per heavy atom. The largest absolute Gasteiger partial charge is 0.496 e. The summed E-state index contributed by atoms with van der Waals surface area (Å²) in [5, 5.41) is 0. The molecule has 1 heterocycles. The topological polar surface area (TPSA) is 49.9 Å². The molecule has 0 radical (unpaired) electrons. The molecule has 5 nitrogen and oxygen atoms in total. The SMILES string of the molecule is COc1cc(C(=O)N2CCN(C(=O)c3cc(C)cc(C)c3)CC2)ccc1C. The van der Waals surface area contributed by atoms with Crippen LogP contribution >= 0.6 is 0 Å². The highest BCUT2D eigenvalue weighted by atomic mass is 16.5. The molecule has 5 heteroatoms. The number of rotatable bonds is 3. The van der Waals surface area contributed by atoms with Gasteiger partial charge in [0.1, 0.15) is 5.75 Å². The van der Waals surface area contributed by atoms with Crippen molar-refractivity contribution >= 4 is 11.8 Å².